The van der Waals surface area contributed by atoms with Crippen molar-refractivity contribution in [1.82, 2.24) is 5.48 Å². The summed E-state index contributed by atoms with van der Waals surface area (Å²) in [5.41, 5.74) is 5.95. The molecule has 110 valence electrons. The van der Waals surface area contributed by atoms with Gasteiger partial charge in [0.15, 0.2) is 0 Å². The van der Waals surface area contributed by atoms with Gasteiger partial charge in [0.1, 0.15) is 17.1 Å². The molecule has 1 saturated carbocycles. The van der Waals surface area contributed by atoms with Gasteiger partial charge in [-0.3, -0.25) is 0 Å². The number of benzene rings is 1. The predicted octanol–water partition coefficient (Wildman–Crippen LogP) is 3.16. The van der Waals surface area contributed by atoms with E-state index < -0.39 is 0 Å². The lowest BCUT2D eigenvalue weighted by Gasteiger charge is -2.48. The van der Waals surface area contributed by atoms with Crippen molar-refractivity contribution < 1.29 is 14.7 Å². The summed E-state index contributed by atoms with van der Waals surface area (Å²) in [5, 5.41) is 10.3. The van der Waals surface area contributed by atoms with Crippen molar-refractivity contribution >= 4 is 0 Å². The molecule has 3 rings (SSSR count). The van der Waals surface area contributed by atoms with E-state index in [-0.39, 0.29) is 11.6 Å². The van der Waals surface area contributed by atoms with Crippen LogP contribution < -0.4 is 10.2 Å². The molecule has 1 aromatic carbocycles. The third-order valence-electron chi connectivity index (χ3n) is 4.79. The Morgan fingerprint density at radius 2 is 2.25 bits per heavy atom. The van der Waals surface area contributed by atoms with Crippen molar-refractivity contribution in [3.05, 3.63) is 22.8 Å². The SMILES string of the molecule is CCc1cc2c(c(C)c1O)C(NOC)CC1(CCC1)O2. The molecule has 1 aromatic rings. The summed E-state index contributed by atoms with van der Waals surface area (Å²) in [4.78, 5) is 5.16. The van der Waals surface area contributed by atoms with E-state index in [0.29, 0.717) is 5.75 Å². The fourth-order valence-electron chi connectivity index (χ4n) is 3.51. The molecule has 2 aliphatic rings. The highest BCUT2D eigenvalue weighted by Gasteiger charge is 2.46. The summed E-state index contributed by atoms with van der Waals surface area (Å²) >= 11 is 0. The number of phenols is 1. The summed E-state index contributed by atoms with van der Waals surface area (Å²) in [6, 6.07) is 2.09. The first-order chi connectivity index (χ1) is 9.60. The summed E-state index contributed by atoms with van der Waals surface area (Å²) < 4.78 is 6.30. The molecule has 4 heteroatoms. The third kappa shape index (κ3) is 1.98. The van der Waals surface area contributed by atoms with Crippen LogP contribution >= 0.6 is 0 Å². The minimum Gasteiger partial charge on any atom is -0.507 e. The Morgan fingerprint density at radius 1 is 1.50 bits per heavy atom. The zero-order valence-corrected chi connectivity index (χ0v) is 12.5. The summed E-state index contributed by atoms with van der Waals surface area (Å²) in [7, 11) is 1.64. The van der Waals surface area contributed by atoms with Gasteiger partial charge in [0, 0.05) is 12.0 Å². The van der Waals surface area contributed by atoms with E-state index in [9.17, 15) is 5.11 Å². The van der Waals surface area contributed by atoms with E-state index in [1.807, 2.05) is 19.9 Å². The van der Waals surface area contributed by atoms with Crippen LogP contribution in [0.25, 0.3) is 0 Å². The van der Waals surface area contributed by atoms with Crippen LogP contribution in [0.1, 0.15) is 55.3 Å². The van der Waals surface area contributed by atoms with Gasteiger partial charge in [0.25, 0.3) is 0 Å². The van der Waals surface area contributed by atoms with Crippen LogP contribution in [0.5, 0.6) is 11.5 Å². The van der Waals surface area contributed by atoms with E-state index in [1.54, 1.807) is 7.11 Å². The number of ether oxygens (including phenoxy) is 1. The summed E-state index contributed by atoms with van der Waals surface area (Å²) in [5.74, 6) is 1.31. The van der Waals surface area contributed by atoms with Crippen molar-refractivity contribution in [2.75, 3.05) is 7.11 Å². The molecule has 0 bridgehead atoms. The fourth-order valence-corrected chi connectivity index (χ4v) is 3.51. The molecule has 20 heavy (non-hydrogen) atoms. The molecule has 0 amide bonds. The molecule has 2 N–H and O–H groups in total. The molecular weight excluding hydrogens is 254 g/mol. The molecule has 1 fully saturated rings. The number of hydrogen-bond donors (Lipinski definition) is 2. The lowest BCUT2D eigenvalue weighted by atomic mass is 9.72. The molecule has 1 unspecified atom stereocenters. The number of phenolic OH excluding ortho intramolecular Hbond substituents is 1. The first-order valence-corrected chi connectivity index (χ1v) is 7.43. The van der Waals surface area contributed by atoms with Crippen molar-refractivity contribution in [2.45, 2.75) is 57.6 Å². The number of aryl methyl sites for hydroxylation is 1. The molecular formula is C16H23NO3. The average Bonchev–Trinajstić information content (AvgIpc) is 2.40. The second kappa shape index (κ2) is 4.93. The maximum absolute atomic E-state index is 10.3. The minimum atomic E-state index is -0.0301. The summed E-state index contributed by atoms with van der Waals surface area (Å²) in [6.45, 7) is 4.01. The second-order valence-corrected chi connectivity index (χ2v) is 5.99. The van der Waals surface area contributed by atoms with Gasteiger partial charge in [0.05, 0.1) is 13.2 Å². The smallest absolute Gasteiger partial charge is 0.125 e. The predicted molar refractivity (Wildman–Crippen MR) is 76.9 cm³/mol. The minimum absolute atomic E-state index is 0.0301. The average molecular weight is 277 g/mol. The number of fused-ring (bicyclic) bond motifs is 1. The van der Waals surface area contributed by atoms with Crippen LogP contribution in [0.3, 0.4) is 0 Å². The van der Waals surface area contributed by atoms with Crippen molar-refractivity contribution in [1.29, 1.82) is 0 Å². The van der Waals surface area contributed by atoms with E-state index in [1.165, 1.54) is 6.42 Å². The third-order valence-corrected chi connectivity index (χ3v) is 4.79. The molecule has 0 saturated heterocycles. The molecule has 1 heterocycles. The van der Waals surface area contributed by atoms with Gasteiger partial charge in [-0.05, 0) is 49.8 Å². The number of aromatic hydroxyl groups is 1. The Bertz CT molecular complexity index is 523. The van der Waals surface area contributed by atoms with Crippen LogP contribution in [0.2, 0.25) is 0 Å². The molecule has 4 nitrogen and oxygen atoms in total. The van der Waals surface area contributed by atoms with E-state index in [2.05, 4.69) is 5.48 Å². The second-order valence-electron chi connectivity index (χ2n) is 5.99. The van der Waals surface area contributed by atoms with Crippen LogP contribution in [0, 0.1) is 6.92 Å². The lowest BCUT2D eigenvalue weighted by Crippen LogP contribution is -2.49. The molecule has 0 radical (unpaired) electrons. The maximum atomic E-state index is 10.3. The van der Waals surface area contributed by atoms with E-state index >= 15 is 0 Å². The van der Waals surface area contributed by atoms with Gasteiger partial charge in [-0.15, -0.1) is 0 Å². The van der Waals surface area contributed by atoms with Crippen LogP contribution in [-0.4, -0.2) is 17.8 Å². The first kappa shape index (κ1) is 13.7. The van der Waals surface area contributed by atoms with Crippen LogP contribution in [0.15, 0.2) is 6.07 Å². The maximum Gasteiger partial charge on any atom is 0.125 e. The van der Waals surface area contributed by atoms with E-state index in [0.717, 1.165) is 48.1 Å². The molecule has 1 spiro atoms. The Hall–Kier alpha value is -1.26. The molecule has 1 aliphatic carbocycles. The van der Waals surface area contributed by atoms with Gasteiger partial charge in [-0.25, -0.2) is 0 Å². The Balaban J connectivity index is 2.08. The lowest BCUT2D eigenvalue weighted by molar-refractivity contribution is -0.0601. The first-order valence-electron chi connectivity index (χ1n) is 7.43. The van der Waals surface area contributed by atoms with Crippen molar-refractivity contribution in [2.24, 2.45) is 0 Å². The molecule has 0 aromatic heterocycles. The largest absolute Gasteiger partial charge is 0.507 e. The van der Waals surface area contributed by atoms with Gasteiger partial charge in [0.2, 0.25) is 0 Å². The summed E-state index contributed by atoms with van der Waals surface area (Å²) in [6.07, 6.45) is 5.15. The van der Waals surface area contributed by atoms with Gasteiger partial charge in [-0.2, -0.15) is 5.48 Å². The van der Waals surface area contributed by atoms with Gasteiger partial charge < -0.3 is 14.7 Å². The van der Waals surface area contributed by atoms with Crippen LogP contribution in [-0.2, 0) is 11.3 Å². The topological polar surface area (TPSA) is 50.7 Å². The monoisotopic (exact) mass is 277 g/mol. The number of nitrogens with one attached hydrogen (secondary N) is 1. The fraction of sp³-hybridized carbons (Fsp3) is 0.625. The van der Waals surface area contributed by atoms with E-state index in [4.69, 9.17) is 9.57 Å². The number of hydrogen-bond acceptors (Lipinski definition) is 4. The molecule has 1 aliphatic heterocycles. The van der Waals surface area contributed by atoms with Crippen LogP contribution in [0.4, 0.5) is 0 Å². The highest BCUT2D eigenvalue weighted by atomic mass is 16.6. The van der Waals surface area contributed by atoms with Crippen molar-refractivity contribution in [3.63, 3.8) is 0 Å². The Morgan fingerprint density at radius 3 is 2.80 bits per heavy atom. The Labute approximate surface area is 120 Å². The van der Waals surface area contributed by atoms with Gasteiger partial charge >= 0.3 is 0 Å². The zero-order valence-electron chi connectivity index (χ0n) is 12.5. The number of hydroxylamine groups is 1. The van der Waals surface area contributed by atoms with Crippen molar-refractivity contribution in [3.8, 4) is 11.5 Å². The standard InChI is InChI=1S/C16H23NO3/c1-4-11-8-13-14(10(2)15(11)18)12(17-19-3)9-16(20-13)6-5-7-16/h8,12,17-18H,4-7,9H2,1-3H3. The number of rotatable bonds is 3. The van der Waals surface area contributed by atoms with Gasteiger partial charge in [-0.1, -0.05) is 6.92 Å². The highest BCUT2D eigenvalue weighted by molar-refractivity contribution is 5.55. The highest BCUT2D eigenvalue weighted by Crippen LogP contribution is 2.51. The zero-order chi connectivity index (χ0) is 14.3. The quantitative estimate of drug-likeness (QED) is 0.833. The normalized spacial score (nSPS) is 23.1. The Kier molecular flexibility index (Phi) is 3.38. The molecule has 1 atom stereocenters.